The molecule has 0 fully saturated rings. The molecule has 0 aliphatic carbocycles. The van der Waals surface area contributed by atoms with Gasteiger partial charge in [0.25, 0.3) is 0 Å². The van der Waals surface area contributed by atoms with Crippen molar-refractivity contribution < 1.29 is 0 Å². The van der Waals surface area contributed by atoms with Crippen LogP contribution in [-0.4, -0.2) is 37.2 Å². The highest BCUT2D eigenvalue weighted by Gasteiger charge is 2.05. The van der Waals surface area contributed by atoms with Gasteiger partial charge in [-0.15, -0.1) is 0 Å². The molecule has 112 valence electrons. The molecule has 0 saturated carbocycles. The molecule has 21 heavy (non-hydrogen) atoms. The van der Waals surface area contributed by atoms with Crippen LogP contribution in [0.1, 0.15) is 12.0 Å². The molecule has 0 aliphatic heterocycles. The zero-order chi connectivity index (χ0) is 15.1. The number of aromatic nitrogens is 2. The first-order valence-electron chi connectivity index (χ1n) is 7.21. The fourth-order valence-electron chi connectivity index (χ4n) is 2.22. The maximum atomic E-state index is 4.29. The minimum atomic E-state index is 0.869. The zero-order valence-electron chi connectivity index (χ0n) is 12.9. The highest BCUT2D eigenvalue weighted by atomic mass is 15.1. The van der Waals surface area contributed by atoms with Gasteiger partial charge in [-0.1, -0.05) is 18.2 Å². The Balaban J connectivity index is 1.80. The van der Waals surface area contributed by atoms with Crippen molar-refractivity contribution in [2.45, 2.75) is 13.3 Å². The van der Waals surface area contributed by atoms with Crippen LogP contribution in [0.15, 0.2) is 36.7 Å². The fourth-order valence-corrected chi connectivity index (χ4v) is 2.22. The third-order valence-electron chi connectivity index (χ3n) is 3.48. The molecule has 0 amide bonds. The second-order valence-corrected chi connectivity index (χ2v) is 4.98. The van der Waals surface area contributed by atoms with E-state index in [-0.39, 0.29) is 0 Å². The number of para-hydroxylation sites is 1. The molecule has 0 saturated heterocycles. The summed E-state index contributed by atoms with van der Waals surface area (Å²) in [6, 6.07) is 10.4. The second-order valence-electron chi connectivity index (χ2n) is 4.98. The molecule has 1 heterocycles. The van der Waals surface area contributed by atoms with Crippen molar-refractivity contribution in [1.29, 1.82) is 0 Å². The quantitative estimate of drug-likeness (QED) is 0.766. The molecule has 0 bridgehead atoms. The average Bonchev–Trinajstić information content (AvgIpc) is 2.53. The number of anilines is 3. The Morgan fingerprint density at radius 1 is 1.10 bits per heavy atom. The van der Waals surface area contributed by atoms with Crippen LogP contribution in [0.2, 0.25) is 0 Å². The van der Waals surface area contributed by atoms with Crippen LogP contribution < -0.4 is 15.5 Å². The molecular formula is C16H23N5. The summed E-state index contributed by atoms with van der Waals surface area (Å²) in [5.74, 6) is 1.77. The molecule has 1 aromatic carbocycles. The summed E-state index contributed by atoms with van der Waals surface area (Å²) in [6.07, 6.45) is 2.63. The topological polar surface area (TPSA) is 53.1 Å². The minimum Gasteiger partial charge on any atom is -0.375 e. The highest BCUT2D eigenvalue weighted by molar-refractivity contribution is 5.56. The van der Waals surface area contributed by atoms with Crippen LogP contribution in [0.4, 0.5) is 17.3 Å². The van der Waals surface area contributed by atoms with E-state index in [0.717, 1.165) is 36.7 Å². The van der Waals surface area contributed by atoms with Crippen molar-refractivity contribution in [2.75, 3.05) is 42.7 Å². The van der Waals surface area contributed by atoms with Gasteiger partial charge in [0.2, 0.25) is 0 Å². The Labute approximate surface area is 126 Å². The van der Waals surface area contributed by atoms with Crippen molar-refractivity contribution >= 4 is 17.3 Å². The van der Waals surface area contributed by atoms with Crippen molar-refractivity contribution in [3.05, 3.63) is 42.2 Å². The summed E-state index contributed by atoms with van der Waals surface area (Å²) in [7, 11) is 3.98. The van der Waals surface area contributed by atoms with E-state index in [2.05, 4.69) is 56.8 Å². The number of benzene rings is 1. The van der Waals surface area contributed by atoms with Crippen LogP contribution in [-0.2, 0) is 0 Å². The molecule has 2 aromatic rings. The lowest BCUT2D eigenvalue weighted by Crippen LogP contribution is -2.21. The number of hydrogen-bond donors (Lipinski definition) is 2. The Kier molecular flexibility index (Phi) is 5.37. The number of nitrogens with one attached hydrogen (secondary N) is 2. The molecule has 0 atom stereocenters. The number of hydrogen-bond acceptors (Lipinski definition) is 5. The van der Waals surface area contributed by atoms with E-state index in [1.54, 1.807) is 6.33 Å². The zero-order valence-corrected chi connectivity index (χ0v) is 12.9. The monoisotopic (exact) mass is 285 g/mol. The summed E-state index contributed by atoms with van der Waals surface area (Å²) in [5, 5.41) is 6.44. The predicted molar refractivity (Wildman–Crippen MR) is 89.1 cm³/mol. The van der Waals surface area contributed by atoms with E-state index in [4.69, 9.17) is 0 Å². The van der Waals surface area contributed by atoms with E-state index in [9.17, 15) is 0 Å². The fraction of sp³-hybridized carbons (Fsp3) is 0.375. The first-order valence-corrected chi connectivity index (χ1v) is 7.21. The van der Waals surface area contributed by atoms with E-state index in [1.165, 1.54) is 5.69 Å². The van der Waals surface area contributed by atoms with E-state index in [1.807, 2.05) is 20.0 Å². The van der Waals surface area contributed by atoms with E-state index < -0.39 is 0 Å². The van der Waals surface area contributed by atoms with Gasteiger partial charge in [0, 0.05) is 38.4 Å². The first kappa shape index (κ1) is 15.1. The van der Waals surface area contributed by atoms with Gasteiger partial charge < -0.3 is 15.5 Å². The lowest BCUT2D eigenvalue weighted by Gasteiger charge is -2.19. The van der Waals surface area contributed by atoms with E-state index >= 15 is 0 Å². The van der Waals surface area contributed by atoms with Gasteiger partial charge in [0.05, 0.1) is 0 Å². The SMILES string of the molecule is CNc1ncnc(NCCCN(C)c2ccccc2)c1C. The van der Waals surface area contributed by atoms with Crippen LogP contribution in [0, 0.1) is 6.92 Å². The Morgan fingerprint density at radius 3 is 2.52 bits per heavy atom. The summed E-state index contributed by atoms with van der Waals surface area (Å²) in [4.78, 5) is 10.7. The maximum absolute atomic E-state index is 4.29. The molecular weight excluding hydrogens is 262 g/mol. The molecule has 0 unspecified atom stereocenters. The highest BCUT2D eigenvalue weighted by Crippen LogP contribution is 2.17. The third kappa shape index (κ3) is 4.08. The Hall–Kier alpha value is -2.30. The van der Waals surface area contributed by atoms with Crippen LogP contribution in [0.3, 0.4) is 0 Å². The Morgan fingerprint density at radius 2 is 1.81 bits per heavy atom. The molecule has 1 aromatic heterocycles. The van der Waals surface area contributed by atoms with E-state index in [0.29, 0.717) is 0 Å². The van der Waals surface area contributed by atoms with Gasteiger partial charge in [-0.05, 0) is 25.5 Å². The number of nitrogens with zero attached hydrogens (tertiary/aromatic N) is 3. The summed E-state index contributed by atoms with van der Waals surface area (Å²) in [6.45, 7) is 3.91. The first-order chi connectivity index (χ1) is 10.2. The van der Waals surface area contributed by atoms with Gasteiger partial charge in [-0.25, -0.2) is 9.97 Å². The summed E-state index contributed by atoms with van der Waals surface area (Å²) < 4.78 is 0. The van der Waals surface area contributed by atoms with Crippen LogP contribution in [0.25, 0.3) is 0 Å². The molecule has 0 spiro atoms. The van der Waals surface area contributed by atoms with Gasteiger partial charge in [0.1, 0.15) is 18.0 Å². The lowest BCUT2D eigenvalue weighted by atomic mass is 10.2. The third-order valence-corrected chi connectivity index (χ3v) is 3.48. The van der Waals surface area contributed by atoms with Crippen molar-refractivity contribution in [3.8, 4) is 0 Å². The molecule has 2 rings (SSSR count). The molecule has 0 radical (unpaired) electrons. The molecule has 5 heteroatoms. The second kappa shape index (κ2) is 7.47. The average molecular weight is 285 g/mol. The maximum Gasteiger partial charge on any atom is 0.134 e. The summed E-state index contributed by atoms with van der Waals surface area (Å²) >= 11 is 0. The van der Waals surface area contributed by atoms with Gasteiger partial charge >= 0.3 is 0 Å². The number of rotatable bonds is 7. The van der Waals surface area contributed by atoms with Gasteiger partial charge in [0.15, 0.2) is 0 Å². The van der Waals surface area contributed by atoms with Gasteiger partial charge in [-0.3, -0.25) is 0 Å². The summed E-state index contributed by atoms with van der Waals surface area (Å²) in [5.41, 5.74) is 2.30. The van der Waals surface area contributed by atoms with Crippen LogP contribution >= 0.6 is 0 Å². The molecule has 0 aliphatic rings. The van der Waals surface area contributed by atoms with Crippen molar-refractivity contribution in [3.63, 3.8) is 0 Å². The van der Waals surface area contributed by atoms with Crippen molar-refractivity contribution in [1.82, 2.24) is 9.97 Å². The molecule has 2 N–H and O–H groups in total. The molecule has 5 nitrogen and oxygen atoms in total. The van der Waals surface area contributed by atoms with Crippen LogP contribution in [0.5, 0.6) is 0 Å². The lowest BCUT2D eigenvalue weighted by molar-refractivity contribution is 0.813. The predicted octanol–water partition coefficient (Wildman–Crippen LogP) is 2.77. The van der Waals surface area contributed by atoms with Gasteiger partial charge in [-0.2, -0.15) is 0 Å². The largest absolute Gasteiger partial charge is 0.375 e. The standard InChI is InChI=1S/C16H23N5/c1-13-15(17-2)19-12-20-16(13)18-10-7-11-21(3)14-8-5-4-6-9-14/h4-6,8-9,12H,7,10-11H2,1-3H3,(H2,17,18,19,20). The normalized spacial score (nSPS) is 10.2. The minimum absolute atomic E-state index is 0.869. The van der Waals surface area contributed by atoms with Crippen molar-refractivity contribution in [2.24, 2.45) is 0 Å². The Bertz CT molecular complexity index is 556. The smallest absolute Gasteiger partial charge is 0.134 e.